The number of thioether (sulfide) groups is 1. The van der Waals surface area contributed by atoms with Crippen molar-refractivity contribution in [3.63, 3.8) is 0 Å². The Bertz CT molecular complexity index is 1170. The van der Waals surface area contributed by atoms with Gasteiger partial charge in [0.25, 0.3) is 5.91 Å². The molecule has 4 aliphatic heterocycles. The van der Waals surface area contributed by atoms with Gasteiger partial charge in [-0.2, -0.15) is 0 Å². The van der Waals surface area contributed by atoms with Crippen molar-refractivity contribution in [3.8, 4) is 0 Å². The summed E-state index contributed by atoms with van der Waals surface area (Å²) >= 11 is 1.56. The third-order valence-corrected chi connectivity index (χ3v) is 10.4. The molecule has 8 nitrogen and oxygen atoms in total. The lowest BCUT2D eigenvalue weighted by Crippen LogP contribution is -2.53. The first-order chi connectivity index (χ1) is 18.8. The summed E-state index contributed by atoms with van der Waals surface area (Å²) in [6, 6.07) is 7.26. The van der Waals surface area contributed by atoms with E-state index < -0.39 is 27.4 Å². The lowest BCUT2D eigenvalue weighted by molar-refractivity contribution is -0.154. The van der Waals surface area contributed by atoms with E-state index in [-0.39, 0.29) is 31.0 Å². The molecule has 4 aliphatic rings. The Morgan fingerprint density at radius 3 is 2.46 bits per heavy atom. The maximum Gasteiger partial charge on any atom is 0.311 e. The van der Waals surface area contributed by atoms with Crippen LogP contribution in [0.25, 0.3) is 0 Å². The highest BCUT2D eigenvalue weighted by Crippen LogP contribution is 2.65. The second kappa shape index (κ2) is 11.0. The smallest absolute Gasteiger partial charge is 0.311 e. The van der Waals surface area contributed by atoms with Crippen LogP contribution in [0.5, 0.6) is 0 Å². The molecule has 1 spiro atoms. The van der Waals surface area contributed by atoms with Gasteiger partial charge in [-0.1, -0.05) is 24.3 Å². The van der Waals surface area contributed by atoms with Crippen molar-refractivity contribution in [1.29, 1.82) is 0 Å². The van der Waals surface area contributed by atoms with Gasteiger partial charge >= 0.3 is 5.97 Å². The summed E-state index contributed by atoms with van der Waals surface area (Å²) in [4.78, 5) is 47.7. The van der Waals surface area contributed by atoms with Gasteiger partial charge in [-0.25, -0.2) is 0 Å². The number of hydrogen-bond donors (Lipinski definition) is 1. The highest BCUT2D eigenvalue weighted by Gasteiger charge is 2.73. The molecular formula is C30H39N3O5S. The molecule has 0 aliphatic carbocycles. The van der Waals surface area contributed by atoms with E-state index in [1.54, 1.807) is 21.6 Å². The molecule has 4 heterocycles. The molecule has 0 radical (unpaired) electrons. The van der Waals surface area contributed by atoms with Gasteiger partial charge < -0.3 is 24.5 Å². The van der Waals surface area contributed by atoms with Gasteiger partial charge in [0.1, 0.15) is 6.04 Å². The SMILES string of the molecule is CCN(CC)c1ccc(N2CC=C[C@]34S[C@]5(C)C=CCCOC(=O)[C@@H]5[C@H]3C(=O)N(CCCCO)C4C2=O)cc1. The van der Waals surface area contributed by atoms with Crippen LogP contribution in [0.2, 0.25) is 0 Å². The standard InChI is InChI=1S/C30H39N3O5S/c1-4-31(5-2)21-11-13-22(14-12-21)32-18-10-16-30-23(24-28(37)38-20-9-6-15-29(24,3)39-30)26(35)33(17-7-8-19-34)25(30)27(32)36/h6,10-16,23-25,34H,4-5,7-9,17-20H2,1-3H3/t23-,24-,25?,29+,30-/m0/s1. The fourth-order valence-electron chi connectivity index (χ4n) is 6.79. The van der Waals surface area contributed by atoms with Gasteiger partial charge in [-0.3, -0.25) is 14.4 Å². The predicted octanol–water partition coefficient (Wildman–Crippen LogP) is 3.40. The van der Waals surface area contributed by atoms with Crippen LogP contribution in [0, 0.1) is 11.8 Å². The zero-order valence-corrected chi connectivity index (χ0v) is 23.9. The first-order valence-corrected chi connectivity index (χ1v) is 14.9. The molecule has 39 heavy (non-hydrogen) atoms. The molecule has 0 saturated carbocycles. The Morgan fingerprint density at radius 2 is 1.77 bits per heavy atom. The molecule has 5 atom stereocenters. The number of amides is 2. The van der Waals surface area contributed by atoms with Crippen molar-refractivity contribution in [2.75, 3.05) is 49.2 Å². The van der Waals surface area contributed by atoms with Crippen LogP contribution in [-0.4, -0.2) is 82.7 Å². The molecule has 1 N–H and O–H groups in total. The molecule has 1 aromatic rings. The number of rotatable bonds is 8. The van der Waals surface area contributed by atoms with Crippen molar-refractivity contribution >= 4 is 40.9 Å². The number of nitrogens with zero attached hydrogens (tertiary/aromatic N) is 3. The maximum absolute atomic E-state index is 14.5. The monoisotopic (exact) mass is 553 g/mol. The van der Waals surface area contributed by atoms with Crippen LogP contribution in [0.4, 0.5) is 11.4 Å². The fourth-order valence-corrected chi connectivity index (χ4v) is 8.94. The van der Waals surface area contributed by atoms with Crippen molar-refractivity contribution in [3.05, 3.63) is 48.6 Å². The molecule has 1 aromatic carbocycles. The average molecular weight is 554 g/mol. The minimum Gasteiger partial charge on any atom is -0.465 e. The molecule has 5 rings (SSSR count). The number of aliphatic hydroxyl groups is 1. The number of carbonyl (C=O) groups is 3. The predicted molar refractivity (Wildman–Crippen MR) is 154 cm³/mol. The summed E-state index contributed by atoms with van der Waals surface area (Å²) in [5.41, 5.74) is 1.88. The summed E-state index contributed by atoms with van der Waals surface area (Å²) in [5.74, 6) is -2.07. The number of likely N-dealkylation sites (tertiary alicyclic amines) is 1. The Morgan fingerprint density at radius 1 is 1.03 bits per heavy atom. The Hall–Kier alpha value is -2.78. The quantitative estimate of drug-likeness (QED) is 0.300. The van der Waals surface area contributed by atoms with E-state index in [0.717, 1.165) is 24.5 Å². The Labute approximate surface area is 235 Å². The first kappa shape index (κ1) is 27.8. The van der Waals surface area contributed by atoms with Gasteiger partial charge in [0.2, 0.25) is 5.91 Å². The Kier molecular flexibility index (Phi) is 7.84. The molecule has 210 valence electrons. The number of benzene rings is 1. The second-order valence-corrected chi connectivity index (χ2v) is 12.6. The molecule has 9 heteroatoms. The third-order valence-electron chi connectivity index (χ3n) is 8.62. The average Bonchev–Trinajstić information content (AvgIpc) is 3.23. The number of ether oxygens (including phenoxy) is 1. The van der Waals surface area contributed by atoms with Crippen molar-refractivity contribution in [1.82, 2.24) is 4.90 Å². The van der Waals surface area contributed by atoms with Crippen LogP contribution >= 0.6 is 11.8 Å². The molecule has 1 unspecified atom stereocenters. The van der Waals surface area contributed by atoms with Crippen LogP contribution in [-0.2, 0) is 19.1 Å². The van der Waals surface area contributed by atoms with Crippen LogP contribution in [0.15, 0.2) is 48.6 Å². The van der Waals surface area contributed by atoms with Gasteiger partial charge in [-0.15, -0.1) is 11.8 Å². The van der Waals surface area contributed by atoms with Gasteiger partial charge in [0, 0.05) is 48.9 Å². The van der Waals surface area contributed by atoms with E-state index >= 15 is 0 Å². The summed E-state index contributed by atoms with van der Waals surface area (Å²) in [6.45, 7) is 9.06. The minimum absolute atomic E-state index is 0.0205. The molecule has 0 bridgehead atoms. The Balaban J connectivity index is 1.56. The summed E-state index contributed by atoms with van der Waals surface area (Å²) in [6.07, 6.45) is 9.82. The number of aliphatic hydroxyl groups excluding tert-OH is 1. The maximum atomic E-state index is 14.5. The molecule has 2 saturated heterocycles. The van der Waals surface area contributed by atoms with Crippen LogP contribution in [0.1, 0.15) is 40.0 Å². The van der Waals surface area contributed by atoms with Gasteiger partial charge in [-0.05, 0) is 64.3 Å². The second-order valence-electron chi connectivity index (χ2n) is 10.9. The van der Waals surface area contributed by atoms with E-state index in [2.05, 4.69) is 18.7 Å². The first-order valence-electron chi connectivity index (χ1n) is 14.1. The van der Waals surface area contributed by atoms with Gasteiger partial charge in [0.05, 0.1) is 23.2 Å². The number of esters is 1. The van der Waals surface area contributed by atoms with E-state index in [0.29, 0.717) is 32.4 Å². The van der Waals surface area contributed by atoms with E-state index in [1.165, 1.54) is 0 Å². The number of cyclic esters (lactones) is 1. The number of anilines is 2. The molecule has 2 amide bonds. The normalized spacial score (nSPS) is 31.8. The molecular weight excluding hydrogens is 514 g/mol. The van der Waals surface area contributed by atoms with Crippen molar-refractivity contribution in [2.45, 2.75) is 55.6 Å². The van der Waals surface area contributed by atoms with E-state index in [4.69, 9.17) is 4.74 Å². The topological polar surface area (TPSA) is 90.4 Å². The van der Waals surface area contributed by atoms with Gasteiger partial charge in [0.15, 0.2) is 0 Å². The number of carbonyl (C=O) groups excluding carboxylic acids is 3. The lowest BCUT2D eigenvalue weighted by Gasteiger charge is -2.37. The largest absolute Gasteiger partial charge is 0.465 e. The zero-order valence-electron chi connectivity index (χ0n) is 23.0. The minimum atomic E-state index is -0.892. The highest BCUT2D eigenvalue weighted by atomic mass is 32.2. The summed E-state index contributed by atoms with van der Waals surface area (Å²) < 4.78 is 4.03. The summed E-state index contributed by atoms with van der Waals surface area (Å²) in [7, 11) is 0. The van der Waals surface area contributed by atoms with Crippen LogP contribution < -0.4 is 9.80 Å². The fraction of sp³-hybridized carbons (Fsp3) is 0.567. The third kappa shape index (κ3) is 4.57. The number of fused-ring (bicyclic) bond motifs is 2. The number of unbranched alkanes of at least 4 members (excludes halogenated alkanes) is 1. The van der Waals surface area contributed by atoms with Crippen molar-refractivity contribution < 1.29 is 24.2 Å². The number of hydrogen-bond acceptors (Lipinski definition) is 7. The molecule has 0 aromatic heterocycles. The highest BCUT2D eigenvalue weighted by molar-refractivity contribution is 8.02. The van der Waals surface area contributed by atoms with Crippen molar-refractivity contribution in [2.24, 2.45) is 11.8 Å². The van der Waals surface area contributed by atoms with E-state index in [9.17, 15) is 19.5 Å². The zero-order chi connectivity index (χ0) is 27.8. The molecule has 2 fully saturated rings. The lowest BCUT2D eigenvalue weighted by atomic mass is 9.74. The van der Waals surface area contributed by atoms with E-state index in [1.807, 2.05) is 55.5 Å². The summed E-state index contributed by atoms with van der Waals surface area (Å²) in [5, 5.41) is 9.40. The van der Waals surface area contributed by atoms with Crippen LogP contribution in [0.3, 0.4) is 0 Å².